The van der Waals surface area contributed by atoms with E-state index >= 15 is 0 Å². The van der Waals surface area contributed by atoms with Crippen LogP contribution in [-0.2, 0) is 16.2 Å². The van der Waals surface area contributed by atoms with E-state index < -0.39 is 6.10 Å². The number of hydrogen-bond donors (Lipinski definition) is 0. The normalized spacial score (nSPS) is 16.2. The quantitative estimate of drug-likeness (QED) is 0.850. The molecule has 0 aromatic heterocycles. The van der Waals surface area contributed by atoms with Crippen LogP contribution in [0.25, 0.3) is 0 Å². The average Bonchev–Trinajstić information content (AvgIpc) is 3.12. The number of ether oxygens (including phenoxy) is 1. The molecule has 0 spiro atoms. The molecule has 0 fully saturated rings. The third-order valence-electron chi connectivity index (χ3n) is 4.01. The van der Waals surface area contributed by atoms with Crippen molar-refractivity contribution < 1.29 is 14.4 Å². The predicted molar refractivity (Wildman–Crippen MR) is 91.9 cm³/mol. The van der Waals surface area contributed by atoms with Gasteiger partial charge in [-0.25, -0.2) is 0 Å². The lowest BCUT2D eigenvalue weighted by atomic mass is 10.0. The Balaban J connectivity index is 1.60. The summed E-state index contributed by atoms with van der Waals surface area (Å²) in [6.45, 7) is 0.553. The molecule has 5 heteroatoms. The van der Waals surface area contributed by atoms with Crippen LogP contribution >= 0.6 is 0 Å². The second kappa shape index (κ2) is 7.17. The lowest BCUT2D eigenvalue weighted by Crippen LogP contribution is -2.36. The van der Waals surface area contributed by atoms with E-state index in [4.69, 9.17) is 9.57 Å². The molecule has 2 aromatic carbocycles. The zero-order valence-electron chi connectivity index (χ0n) is 13.8. The molecule has 0 unspecified atom stereocenters. The van der Waals surface area contributed by atoms with Gasteiger partial charge in [0.1, 0.15) is 5.75 Å². The number of rotatable bonds is 5. The predicted octanol–water partition coefficient (Wildman–Crippen LogP) is 2.85. The molecule has 1 atom stereocenters. The van der Waals surface area contributed by atoms with Crippen molar-refractivity contribution in [3.8, 4) is 5.75 Å². The second-order valence-corrected chi connectivity index (χ2v) is 5.74. The van der Waals surface area contributed by atoms with Gasteiger partial charge in [0.15, 0.2) is 0 Å². The Morgan fingerprint density at radius 3 is 2.58 bits per heavy atom. The van der Waals surface area contributed by atoms with Gasteiger partial charge in [0.25, 0.3) is 5.91 Å². The summed E-state index contributed by atoms with van der Waals surface area (Å²) in [5.41, 5.74) is 2.81. The van der Waals surface area contributed by atoms with Gasteiger partial charge in [-0.1, -0.05) is 35.5 Å². The molecule has 0 saturated carbocycles. The summed E-state index contributed by atoms with van der Waals surface area (Å²) in [6, 6.07) is 17.5. The van der Waals surface area contributed by atoms with E-state index in [-0.39, 0.29) is 5.91 Å². The SMILES string of the molecule is COc1ccc(C2=NO[C@@H](C(=O)N(C)Cc3ccccc3)C2)cc1. The summed E-state index contributed by atoms with van der Waals surface area (Å²) in [5.74, 6) is 0.722. The fraction of sp³-hybridized carbons (Fsp3) is 0.263. The van der Waals surface area contributed by atoms with Gasteiger partial charge >= 0.3 is 0 Å². The monoisotopic (exact) mass is 324 g/mol. The Morgan fingerprint density at radius 2 is 1.92 bits per heavy atom. The molecular formula is C19H20N2O3. The Kier molecular flexibility index (Phi) is 4.79. The third kappa shape index (κ3) is 3.56. The van der Waals surface area contributed by atoms with Crippen molar-refractivity contribution in [1.29, 1.82) is 0 Å². The first kappa shape index (κ1) is 16.1. The summed E-state index contributed by atoms with van der Waals surface area (Å²) in [5, 5.41) is 4.08. The Labute approximate surface area is 141 Å². The van der Waals surface area contributed by atoms with E-state index in [1.54, 1.807) is 19.1 Å². The summed E-state index contributed by atoms with van der Waals surface area (Å²) in [4.78, 5) is 19.6. The van der Waals surface area contributed by atoms with E-state index in [1.807, 2.05) is 54.6 Å². The second-order valence-electron chi connectivity index (χ2n) is 5.74. The molecule has 3 rings (SSSR count). The average molecular weight is 324 g/mol. The van der Waals surface area contributed by atoms with Crippen molar-refractivity contribution in [1.82, 2.24) is 4.90 Å². The maximum atomic E-state index is 12.5. The minimum absolute atomic E-state index is 0.0638. The molecule has 5 nitrogen and oxygen atoms in total. The molecule has 0 N–H and O–H groups in total. The van der Waals surface area contributed by atoms with Gasteiger partial charge in [-0.05, 0) is 35.4 Å². The van der Waals surface area contributed by atoms with Gasteiger partial charge in [0.2, 0.25) is 6.10 Å². The topological polar surface area (TPSA) is 51.1 Å². The van der Waals surface area contributed by atoms with Crippen LogP contribution in [0.1, 0.15) is 17.5 Å². The van der Waals surface area contributed by atoms with Crippen molar-refractivity contribution in [2.45, 2.75) is 19.1 Å². The first-order valence-corrected chi connectivity index (χ1v) is 7.83. The molecule has 0 radical (unpaired) electrons. The molecule has 0 bridgehead atoms. The number of amides is 1. The number of likely N-dealkylation sites (N-methyl/N-ethyl adjacent to an activating group) is 1. The van der Waals surface area contributed by atoms with E-state index in [0.29, 0.717) is 13.0 Å². The summed E-state index contributed by atoms with van der Waals surface area (Å²) in [7, 11) is 3.41. The fourth-order valence-corrected chi connectivity index (χ4v) is 2.64. The third-order valence-corrected chi connectivity index (χ3v) is 4.01. The van der Waals surface area contributed by atoms with Gasteiger partial charge in [0, 0.05) is 20.0 Å². The van der Waals surface area contributed by atoms with Crippen LogP contribution in [0.15, 0.2) is 59.8 Å². The Bertz CT molecular complexity index is 726. The van der Waals surface area contributed by atoms with Crippen molar-refractivity contribution in [3.05, 3.63) is 65.7 Å². The van der Waals surface area contributed by atoms with Gasteiger partial charge < -0.3 is 14.5 Å². The largest absolute Gasteiger partial charge is 0.497 e. The number of nitrogens with zero attached hydrogens (tertiary/aromatic N) is 2. The smallest absolute Gasteiger partial charge is 0.266 e. The van der Waals surface area contributed by atoms with Crippen LogP contribution in [0.4, 0.5) is 0 Å². The molecule has 1 aliphatic rings. The highest BCUT2D eigenvalue weighted by Crippen LogP contribution is 2.20. The number of carbonyl (C=O) groups excluding carboxylic acids is 1. The number of oxime groups is 1. The van der Waals surface area contributed by atoms with Crippen LogP contribution in [0.5, 0.6) is 5.75 Å². The number of carbonyl (C=O) groups is 1. The molecule has 24 heavy (non-hydrogen) atoms. The van der Waals surface area contributed by atoms with E-state index in [9.17, 15) is 4.79 Å². The van der Waals surface area contributed by atoms with Crippen molar-refractivity contribution in [2.75, 3.05) is 14.2 Å². The van der Waals surface area contributed by atoms with Gasteiger partial charge in [-0.2, -0.15) is 0 Å². The molecule has 1 heterocycles. The zero-order valence-corrected chi connectivity index (χ0v) is 13.8. The first-order chi connectivity index (χ1) is 11.7. The Morgan fingerprint density at radius 1 is 1.21 bits per heavy atom. The Hall–Kier alpha value is -2.82. The maximum absolute atomic E-state index is 12.5. The van der Waals surface area contributed by atoms with Crippen molar-refractivity contribution >= 4 is 11.6 Å². The lowest BCUT2D eigenvalue weighted by molar-refractivity contribution is -0.141. The molecular weight excluding hydrogens is 304 g/mol. The minimum atomic E-state index is -0.559. The minimum Gasteiger partial charge on any atom is -0.497 e. The van der Waals surface area contributed by atoms with Gasteiger partial charge in [0.05, 0.1) is 12.8 Å². The fourth-order valence-electron chi connectivity index (χ4n) is 2.64. The molecule has 1 amide bonds. The highest BCUT2D eigenvalue weighted by molar-refractivity contribution is 6.04. The van der Waals surface area contributed by atoms with E-state index in [0.717, 1.165) is 22.6 Å². The zero-order chi connectivity index (χ0) is 16.9. The van der Waals surface area contributed by atoms with Crippen LogP contribution in [0, 0.1) is 0 Å². The highest BCUT2D eigenvalue weighted by Gasteiger charge is 2.31. The molecule has 2 aromatic rings. The highest BCUT2D eigenvalue weighted by atomic mass is 16.6. The van der Waals surface area contributed by atoms with Gasteiger partial charge in [-0.15, -0.1) is 0 Å². The first-order valence-electron chi connectivity index (χ1n) is 7.83. The number of benzene rings is 2. The van der Waals surface area contributed by atoms with Crippen LogP contribution in [0.3, 0.4) is 0 Å². The van der Waals surface area contributed by atoms with Crippen molar-refractivity contribution in [3.63, 3.8) is 0 Å². The van der Waals surface area contributed by atoms with Crippen molar-refractivity contribution in [2.24, 2.45) is 5.16 Å². The summed E-state index contributed by atoms with van der Waals surface area (Å²) >= 11 is 0. The van der Waals surface area contributed by atoms with Crippen LogP contribution in [0.2, 0.25) is 0 Å². The number of methoxy groups -OCH3 is 1. The maximum Gasteiger partial charge on any atom is 0.266 e. The lowest BCUT2D eigenvalue weighted by Gasteiger charge is -2.19. The van der Waals surface area contributed by atoms with Crippen LogP contribution < -0.4 is 4.74 Å². The standard InChI is InChI=1S/C19H20N2O3/c1-21(13-14-6-4-3-5-7-14)19(22)18-12-17(20-24-18)15-8-10-16(23-2)11-9-15/h3-11,18H,12-13H2,1-2H3/t18-/m1/s1. The van der Waals surface area contributed by atoms with E-state index in [1.165, 1.54) is 0 Å². The number of hydrogen-bond acceptors (Lipinski definition) is 4. The summed E-state index contributed by atoms with van der Waals surface area (Å²) < 4.78 is 5.15. The molecule has 0 saturated heterocycles. The summed E-state index contributed by atoms with van der Waals surface area (Å²) in [6.07, 6.45) is -0.0830. The molecule has 1 aliphatic heterocycles. The molecule has 124 valence electrons. The van der Waals surface area contributed by atoms with Crippen LogP contribution in [-0.4, -0.2) is 36.8 Å². The van der Waals surface area contributed by atoms with Gasteiger partial charge in [-0.3, -0.25) is 4.79 Å². The van der Waals surface area contributed by atoms with E-state index in [2.05, 4.69) is 5.16 Å². The molecule has 0 aliphatic carbocycles.